The normalized spacial score (nSPS) is 14.3. The molecule has 0 unspecified atom stereocenters. The molecule has 0 fully saturated rings. The standard InChI is InChI=1S/C62H51BN2O2/c1-61(2,3)40-28-34-50-48(36-40)63-49-37-41(62(4,5)6)29-35-51(49)65(43-32-26-39(27-33-43)45-17-12-23-57-59(45)47-15-8-10-21-55(47)67-57)53-19-13-18-52(60(53)63)64(50)42-30-24-38(25-31-42)44-16-11-22-56-58(44)46-14-7-9-20-54(46)66-56/h7-11,13-22,24-37H,12,23H2,1-6H3. The third-order valence-electron chi connectivity index (χ3n) is 14.7. The fraction of sp³-hybridized carbons (Fsp3) is 0.161. The van der Waals surface area contributed by atoms with Gasteiger partial charge in [0.15, 0.2) is 0 Å². The summed E-state index contributed by atoms with van der Waals surface area (Å²) in [7, 11) is 0. The zero-order chi connectivity index (χ0) is 45.3. The Labute approximate surface area is 392 Å². The summed E-state index contributed by atoms with van der Waals surface area (Å²) in [4.78, 5) is 5.03. The number of aryl methyl sites for hydroxylation is 1. The predicted octanol–water partition coefficient (Wildman–Crippen LogP) is 15.1. The van der Waals surface area contributed by atoms with Gasteiger partial charge >= 0.3 is 0 Å². The molecule has 5 heteroatoms. The van der Waals surface area contributed by atoms with Gasteiger partial charge in [-0.25, -0.2) is 0 Å². The molecule has 2 aliphatic heterocycles. The van der Waals surface area contributed by atoms with Crippen LogP contribution >= 0.6 is 0 Å². The fourth-order valence-corrected chi connectivity index (χ4v) is 11.3. The maximum Gasteiger partial charge on any atom is 0.252 e. The lowest BCUT2D eigenvalue weighted by Crippen LogP contribution is -2.61. The smallest absolute Gasteiger partial charge is 0.252 e. The highest BCUT2D eigenvalue weighted by atomic mass is 16.3. The Hall–Kier alpha value is -7.50. The van der Waals surface area contributed by atoms with Crippen molar-refractivity contribution in [3.8, 4) is 11.1 Å². The van der Waals surface area contributed by atoms with Gasteiger partial charge in [-0.15, -0.1) is 0 Å². The zero-order valence-corrected chi connectivity index (χ0v) is 38.9. The number of furan rings is 2. The molecule has 67 heavy (non-hydrogen) atoms. The third kappa shape index (κ3) is 6.13. The number of nitrogens with zero attached hydrogens (tertiary/aromatic N) is 2. The van der Waals surface area contributed by atoms with Gasteiger partial charge < -0.3 is 18.6 Å². The van der Waals surface area contributed by atoms with E-state index < -0.39 is 0 Å². The molecule has 0 radical (unpaired) electrons. The number of anilines is 6. The molecule has 0 spiro atoms. The highest BCUT2D eigenvalue weighted by molar-refractivity contribution is 7.00. The van der Waals surface area contributed by atoms with Crippen molar-refractivity contribution >= 4 is 95.7 Å². The van der Waals surface area contributed by atoms with E-state index in [9.17, 15) is 0 Å². The van der Waals surface area contributed by atoms with E-state index in [1.54, 1.807) is 0 Å². The largest absolute Gasteiger partial charge is 0.460 e. The number of allylic oxidation sites excluding steroid dienone is 1. The SMILES string of the molecule is CC(C)(C)c1ccc2c(c1)B1c3cc(C(C)(C)C)ccc3N(c3ccc(-c4cccc5oc6ccccc6c45)cc3)c3cccc(c31)N2c1ccc(C2=CCCc3oc4ccccc4c32)cc1. The Morgan fingerprint density at radius 2 is 1.01 bits per heavy atom. The highest BCUT2D eigenvalue weighted by Gasteiger charge is 2.44. The molecule has 13 rings (SSSR count). The van der Waals surface area contributed by atoms with Crippen LogP contribution in [0.15, 0.2) is 185 Å². The van der Waals surface area contributed by atoms with E-state index in [4.69, 9.17) is 8.83 Å². The first kappa shape index (κ1) is 39.8. The molecule has 4 heterocycles. The van der Waals surface area contributed by atoms with Crippen LogP contribution in [0.2, 0.25) is 0 Å². The van der Waals surface area contributed by atoms with E-state index >= 15 is 0 Å². The summed E-state index contributed by atoms with van der Waals surface area (Å²) >= 11 is 0. The average molecular weight is 867 g/mol. The number of hydrogen-bond donors (Lipinski definition) is 0. The summed E-state index contributed by atoms with van der Waals surface area (Å²) < 4.78 is 12.7. The average Bonchev–Trinajstić information content (AvgIpc) is 3.92. The maximum absolute atomic E-state index is 6.40. The van der Waals surface area contributed by atoms with Crippen LogP contribution in [-0.2, 0) is 17.3 Å². The summed E-state index contributed by atoms with van der Waals surface area (Å²) in [6.45, 7) is 14.0. The van der Waals surface area contributed by atoms with E-state index in [0.717, 1.165) is 63.1 Å². The second-order valence-corrected chi connectivity index (χ2v) is 20.8. The lowest BCUT2D eigenvalue weighted by molar-refractivity contribution is 0.545. The molecular weight excluding hydrogens is 816 g/mol. The van der Waals surface area contributed by atoms with Gasteiger partial charge in [0.2, 0.25) is 0 Å². The monoisotopic (exact) mass is 866 g/mol. The molecule has 0 saturated heterocycles. The van der Waals surface area contributed by atoms with Gasteiger partial charge in [-0.1, -0.05) is 151 Å². The van der Waals surface area contributed by atoms with E-state index in [-0.39, 0.29) is 17.5 Å². The lowest BCUT2D eigenvalue weighted by Gasteiger charge is -2.44. The zero-order valence-electron chi connectivity index (χ0n) is 38.9. The van der Waals surface area contributed by atoms with Crippen molar-refractivity contribution in [3.63, 3.8) is 0 Å². The van der Waals surface area contributed by atoms with E-state index in [1.807, 2.05) is 6.07 Å². The molecular formula is C62H51BN2O2. The molecule has 2 aromatic heterocycles. The van der Waals surface area contributed by atoms with Gasteiger partial charge in [-0.05, 0) is 134 Å². The van der Waals surface area contributed by atoms with Gasteiger partial charge in [0.05, 0.1) is 0 Å². The Bertz CT molecular complexity index is 3670. The first-order valence-corrected chi connectivity index (χ1v) is 23.8. The minimum atomic E-state index is -0.0323. The summed E-state index contributed by atoms with van der Waals surface area (Å²) in [5, 5.41) is 3.48. The number of hydrogen-bond acceptors (Lipinski definition) is 4. The first-order valence-electron chi connectivity index (χ1n) is 23.8. The highest BCUT2D eigenvalue weighted by Crippen LogP contribution is 2.47. The summed E-state index contributed by atoms with van der Waals surface area (Å²) in [5.74, 6) is 1.09. The number of rotatable bonds is 4. The second-order valence-electron chi connectivity index (χ2n) is 20.8. The van der Waals surface area contributed by atoms with Crippen molar-refractivity contribution < 1.29 is 8.83 Å². The second kappa shape index (κ2) is 14.5. The van der Waals surface area contributed by atoms with Crippen LogP contribution in [0, 0.1) is 0 Å². The van der Waals surface area contributed by atoms with E-state index in [2.05, 4.69) is 221 Å². The predicted molar refractivity (Wildman–Crippen MR) is 282 cm³/mol. The molecule has 0 atom stereocenters. The van der Waals surface area contributed by atoms with Crippen molar-refractivity contribution in [2.24, 2.45) is 0 Å². The van der Waals surface area contributed by atoms with E-state index in [1.165, 1.54) is 77.9 Å². The van der Waals surface area contributed by atoms with Crippen LogP contribution in [0.4, 0.5) is 34.1 Å². The van der Waals surface area contributed by atoms with Crippen LogP contribution in [-0.4, -0.2) is 6.71 Å². The fourth-order valence-electron chi connectivity index (χ4n) is 11.3. The van der Waals surface area contributed by atoms with Gasteiger partial charge in [-0.2, -0.15) is 0 Å². The van der Waals surface area contributed by atoms with Gasteiger partial charge in [0, 0.05) is 62.3 Å². The Kier molecular flexibility index (Phi) is 8.62. The number of para-hydroxylation sites is 2. The molecule has 10 aromatic rings. The first-order chi connectivity index (χ1) is 32.5. The van der Waals surface area contributed by atoms with Gasteiger partial charge in [0.1, 0.15) is 22.5 Å². The molecule has 1 aliphatic carbocycles. The van der Waals surface area contributed by atoms with Crippen LogP contribution in [0.25, 0.3) is 49.6 Å². The third-order valence-corrected chi connectivity index (χ3v) is 14.7. The molecule has 0 saturated carbocycles. The molecule has 0 bridgehead atoms. The van der Waals surface area contributed by atoms with Crippen LogP contribution in [0.1, 0.15) is 76.0 Å². The topological polar surface area (TPSA) is 32.8 Å². The minimum absolute atomic E-state index is 0.0269. The summed E-state index contributed by atoms with van der Waals surface area (Å²) in [6, 6.07) is 63.1. The van der Waals surface area contributed by atoms with Crippen molar-refractivity contribution in [2.75, 3.05) is 9.80 Å². The van der Waals surface area contributed by atoms with Crippen LogP contribution < -0.4 is 26.2 Å². The Balaban J connectivity index is 0.988. The number of benzene rings is 8. The maximum atomic E-state index is 6.40. The van der Waals surface area contributed by atoms with Crippen molar-refractivity contribution in [1.29, 1.82) is 0 Å². The minimum Gasteiger partial charge on any atom is -0.460 e. The Morgan fingerprint density at radius 3 is 1.63 bits per heavy atom. The Morgan fingerprint density at radius 1 is 0.478 bits per heavy atom. The van der Waals surface area contributed by atoms with Crippen molar-refractivity contribution in [3.05, 3.63) is 204 Å². The molecule has 3 aliphatic rings. The molecule has 0 N–H and O–H groups in total. The number of fused-ring (bicyclic) bond motifs is 10. The van der Waals surface area contributed by atoms with Crippen molar-refractivity contribution in [1.82, 2.24) is 0 Å². The summed E-state index contributed by atoms with van der Waals surface area (Å²) in [5.41, 5.74) is 22.5. The van der Waals surface area contributed by atoms with Crippen molar-refractivity contribution in [2.45, 2.75) is 65.2 Å². The van der Waals surface area contributed by atoms with Gasteiger partial charge in [-0.3, -0.25) is 0 Å². The van der Waals surface area contributed by atoms with Crippen LogP contribution in [0.3, 0.4) is 0 Å². The quantitative estimate of drug-likeness (QED) is 0.165. The summed E-state index contributed by atoms with van der Waals surface area (Å²) in [6.07, 6.45) is 4.28. The molecule has 8 aromatic carbocycles. The van der Waals surface area contributed by atoms with Crippen LogP contribution in [0.5, 0.6) is 0 Å². The van der Waals surface area contributed by atoms with E-state index in [0.29, 0.717) is 0 Å². The lowest BCUT2D eigenvalue weighted by atomic mass is 9.33. The molecule has 4 nitrogen and oxygen atoms in total. The molecule has 324 valence electrons. The van der Waals surface area contributed by atoms with Gasteiger partial charge in [0.25, 0.3) is 6.71 Å². The molecule has 0 amide bonds.